The number of unbranched alkanes of at least 4 members (excludes halogenated alkanes) is 1. The Bertz CT molecular complexity index is 524. The molecular formula is C20H28O2. The van der Waals surface area contributed by atoms with Crippen LogP contribution in [-0.2, 0) is 4.79 Å². The minimum absolute atomic E-state index is 0.319. The maximum absolute atomic E-state index is 11.7. The Balaban J connectivity index is 2.28. The van der Waals surface area contributed by atoms with Crippen LogP contribution in [0.2, 0.25) is 0 Å². The van der Waals surface area contributed by atoms with Crippen molar-refractivity contribution in [2.24, 2.45) is 0 Å². The minimum atomic E-state index is -0.417. The van der Waals surface area contributed by atoms with Gasteiger partial charge in [-0.05, 0) is 64.0 Å². The highest BCUT2D eigenvalue weighted by molar-refractivity contribution is 5.98. The van der Waals surface area contributed by atoms with E-state index in [2.05, 4.69) is 30.9 Å². The van der Waals surface area contributed by atoms with Crippen molar-refractivity contribution in [1.29, 1.82) is 0 Å². The summed E-state index contributed by atoms with van der Waals surface area (Å²) in [7, 11) is 0. The van der Waals surface area contributed by atoms with E-state index in [1.54, 1.807) is 0 Å². The zero-order chi connectivity index (χ0) is 16.4. The number of carbonyl (C=O) groups is 1. The monoisotopic (exact) mass is 300 g/mol. The third kappa shape index (κ3) is 6.45. The molecule has 0 amide bonds. The average Bonchev–Trinajstić information content (AvgIpc) is 2.82. The summed E-state index contributed by atoms with van der Waals surface area (Å²) in [6.45, 7) is 5.86. The largest absolute Gasteiger partial charge is 0.388 e. The van der Waals surface area contributed by atoms with Gasteiger partial charge in [0.25, 0.3) is 0 Å². The van der Waals surface area contributed by atoms with Crippen LogP contribution < -0.4 is 0 Å². The molecule has 0 saturated heterocycles. The lowest BCUT2D eigenvalue weighted by Gasteiger charge is -2.08. The van der Waals surface area contributed by atoms with Gasteiger partial charge in [-0.1, -0.05) is 23.8 Å². The highest BCUT2D eigenvalue weighted by Crippen LogP contribution is 2.25. The van der Waals surface area contributed by atoms with Crippen LogP contribution in [0.1, 0.15) is 65.7 Å². The molecular weight excluding hydrogens is 272 g/mol. The van der Waals surface area contributed by atoms with Crippen LogP contribution >= 0.6 is 0 Å². The second kappa shape index (κ2) is 10.2. The van der Waals surface area contributed by atoms with Crippen LogP contribution in [0.25, 0.3) is 0 Å². The molecule has 0 fully saturated rings. The van der Waals surface area contributed by atoms with Gasteiger partial charge in [-0.15, -0.1) is 11.8 Å². The first-order chi connectivity index (χ1) is 10.6. The summed E-state index contributed by atoms with van der Waals surface area (Å²) >= 11 is 0. The number of allylic oxidation sites excluding steroid dienone is 4. The van der Waals surface area contributed by atoms with Gasteiger partial charge >= 0.3 is 0 Å². The summed E-state index contributed by atoms with van der Waals surface area (Å²) in [6.07, 6.45) is 11.4. The van der Waals surface area contributed by atoms with Gasteiger partial charge in [0.1, 0.15) is 0 Å². The van der Waals surface area contributed by atoms with Gasteiger partial charge in [0, 0.05) is 12.8 Å². The highest BCUT2D eigenvalue weighted by atomic mass is 16.3. The van der Waals surface area contributed by atoms with Crippen molar-refractivity contribution in [3.63, 3.8) is 0 Å². The van der Waals surface area contributed by atoms with E-state index in [1.165, 1.54) is 5.57 Å². The van der Waals surface area contributed by atoms with E-state index >= 15 is 0 Å². The van der Waals surface area contributed by atoms with E-state index in [-0.39, 0.29) is 0 Å². The number of Topliss-reactive ketones (excluding diaryl/α,β-unsaturated/α-hetero) is 1. The number of carbonyl (C=O) groups excluding carboxylic acids is 1. The van der Waals surface area contributed by atoms with Crippen LogP contribution in [0.3, 0.4) is 0 Å². The standard InChI is InChI=1S/C20H28O2/c1-4-5-6-8-11-17(3)19(21)13-10-7-9-12-18-16(2)14-15-20(18)22/h7,10-11,19,21H,6,8-9,12-15H2,1-3H3/b10-7+,17-11+. The van der Waals surface area contributed by atoms with Gasteiger partial charge in [-0.2, -0.15) is 0 Å². The normalized spacial score (nSPS) is 17.1. The number of rotatable bonds is 8. The van der Waals surface area contributed by atoms with Crippen LogP contribution in [0, 0.1) is 11.8 Å². The molecule has 0 aromatic heterocycles. The zero-order valence-electron chi connectivity index (χ0n) is 14.1. The van der Waals surface area contributed by atoms with E-state index in [0.29, 0.717) is 18.6 Å². The first kappa shape index (κ1) is 18.5. The molecule has 0 aliphatic heterocycles. The SMILES string of the molecule is CC#CCC/C=C(\C)C(O)C/C=C/CCC1=C(C)CCC1=O. The van der Waals surface area contributed by atoms with Crippen LogP contribution in [0.5, 0.6) is 0 Å². The molecule has 0 bridgehead atoms. The van der Waals surface area contributed by atoms with E-state index in [1.807, 2.05) is 19.9 Å². The molecule has 1 unspecified atom stereocenters. The van der Waals surface area contributed by atoms with Crippen molar-refractivity contribution in [3.8, 4) is 11.8 Å². The van der Waals surface area contributed by atoms with Gasteiger partial charge < -0.3 is 5.11 Å². The van der Waals surface area contributed by atoms with Crippen molar-refractivity contribution >= 4 is 5.78 Å². The fourth-order valence-electron chi connectivity index (χ4n) is 2.58. The molecule has 0 aromatic carbocycles. The summed E-state index contributed by atoms with van der Waals surface area (Å²) < 4.78 is 0. The molecule has 0 aromatic rings. The second-order valence-corrected chi connectivity index (χ2v) is 5.86. The Morgan fingerprint density at radius 2 is 2.09 bits per heavy atom. The lowest BCUT2D eigenvalue weighted by molar-refractivity contribution is -0.115. The predicted molar refractivity (Wildman–Crippen MR) is 92.4 cm³/mol. The molecule has 2 heteroatoms. The van der Waals surface area contributed by atoms with Crippen LogP contribution in [0.4, 0.5) is 0 Å². The molecule has 1 atom stereocenters. The molecule has 1 aliphatic rings. The Kier molecular flexibility index (Phi) is 8.55. The first-order valence-electron chi connectivity index (χ1n) is 8.17. The summed E-state index contributed by atoms with van der Waals surface area (Å²) in [4.78, 5) is 11.7. The lowest BCUT2D eigenvalue weighted by atomic mass is 10.0. The van der Waals surface area contributed by atoms with Crippen LogP contribution in [-0.4, -0.2) is 17.0 Å². The number of ketones is 1. The Hall–Kier alpha value is -1.59. The van der Waals surface area contributed by atoms with Gasteiger partial charge in [0.15, 0.2) is 5.78 Å². The van der Waals surface area contributed by atoms with Crippen molar-refractivity contribution in [1.82, 2.24) is 0 Å². The number of aliphatic hydroxyl groups excluding tert-OH is 1. The predicted octanol–water partition coefficient (Wildman–Crippen LogP) is 4.50. The molecule has 1 N–H and O–H groups in total. The average molecular weight is 300 g/mol. The number of aliphatic hydroxyl groups is 1. The topological polar surface area (TPSA) is 37.3 Å². The number of hydrogen-bond donors (Lipinski definition) is 1. The quantitative estimate of drug-likeness (QED) is 0.407. The third-order valence-corrected chi connectivity index (χ3v) is 4.10. The smallest absolute Gasteiger partial charge is 0.159 e. The van der Waals surface area contributed by atoms with E-state index in [9.17, 15) is 9.90 Å². The number of hydrogen-bond acceptors (Lipinski definition) is 2. The molecule has 120 valence electrons. The Morgan fingerprint density at radius 3 is 2.73 bits per heavy atom. The summed E-state index contributed by atoms with van der Waals surface area (Å²) in [6, 6.07) is 0. The molecule has 2 nitrogen and oxygen atoms in total. The zero-order valence-corrected chi connectivity index (χ0v) is 14.1. The van der Waals surface area contributed by atoms with Gasteiger partial charge in [0.2, 0.25) is 0 Å². The molecule has 1 aliphatic carbocycles. The van der Waals surface area contributed by atoms with Crippen molar-refractivity contribution in [2.45, 2.75) is 71.8 Å². The first-order valence-corrected chi connectivity index (χ1v) is 8.17. The maximum Gasteiger partial charge on any atom is 0.159 e. The molecule has 0 radical (unpaired) electrons. The third-order valence-electron chi connectivity index (χ3n) is 4.10. The van der Waals surface area contributed by atoms with Gasteiger partial charge in [-0.3, -0.25) is 4.79 Å². The summed E-state index contributed by atoms with van der Waals surface area (Å²) in [5.74, 6) is 6.20. The molecule has 1 rings (SSSR count). The van der Waals surface area contributed by atoms with Gasteiger partial charge in [-0.25, -0.2) is 0 Å². The minimum Gasteiger partial charge on any atom is -0.388 e. The molecule has 0 heterocycles. The fraction of sp³-hybridized carbons (Fsp3) is 0.550. The fourth-order valence-corrected chi connectivity index (χ4v) is 2.58. The van der Waals surface area contributed by atoms with E-state index in [0.717, 1.165) is 43.3 Å². The van der Waals surface area contributed by atoms with Crippen molar-refractivity contribution in [3.05, 3.63) is 34.9 Å². The van der Waals surface area contributed by atoms with Crippen LogP contribution in [0.15, 0.2) is 34.9 Å². The lowest BCUT2D eigenvalue weighted by Crippen LogP contribution is -2.06. The molecule has 0 spiro atoms. The molecule has 0 saturated carbocycles. The highest BCUT2D eigenvalue weighted by Gasteiger charge is 2.18. The molecule has 22 heavy (non-hydrogen) atoms. The van der Waals surface area contributed by atoms with Gasteiger partial charge in [0.05, 0.1) is 6.10 Å². The summed E-state index contributed by atoms with van der Waals surface area (Å²) in [5.41, 5.74) is 3.29. The Morgan fingerprint density at radius 1 is 1.32 bits per heavy atom. The second-order valence-electron chi connectivity index (χ2n) is 5.86. The maximum atomic E-state index is 11.7. The Labute approximate surface area is 135 Å². The van der Waals surface area contributed by atoms with E-state index in [4.69, 9.17) is 0 Å². The van der Waals surface area contributed by atoms with E-state index < -0.39 is 6.10 Å². The summed E-state index contributed by atoms with van der Waals surface area (Å²) in [5, 5.41) is 10.1. The van der Waals surface area contributed by atoms with Crippen molar-refractivity contribution in [2.75, 3.05) is 0 Å². The van der Waals surface area contributed by atoms with Crippen molar-refractivity contribution < 1.29 is 9.90 Å².